The molecule has 1 rings (SSSR count). The lowest BCUT2D eigenvalue weighted by molar-refractivity contribution is 0.0674. The van der Waals surface area contributed by atoms with E-state index < -0.39 is 0 Å². The lowest BCUT2D eigenvalue weighted by Gasteiger charge is -2.22. The quantitative estimate of drug-likeness (QED) is 0.751. The van der Waals surface area contributed by atoms with Crippen LogP contribution in [-0.4, -0.2) is 50.3 Å². The molecule has 0 amide bonds. The molecule has 1 aliphatic rings. The largest absolute Gasteiger partial charge is 0.377 e. The van der Waals surface area contributed by atoms with Crippen molar-refractivity contribution in [2.24, 2.45) is 0 Å². The van der Waals surface area contributed by atoms with Crippen molar-refractivity contribution in [1.29, 1.82) is 0 Å². The Kier molecular flexibility index (Phi) is 7.01. The standard InChI is InChI=1S/C13H28N2O/c1-4-13(14-3)7-5-8-15-9-6-10-16-12(2)11-15/h12-14H,4-11H2,1-3H3. The van der Waals surface area contributed by atoms with Crippen LogP contribution in [-0.2, 0) is 4.74 Å². The number of hydrogen-bond acceptors (Lipinski definition) is 3. The van der Waals surface area contributed by atoms with Crippen molar-refractivity contribution in [2.45, 2.75) is 51.7 Å². The highest BCUT2D eigenvalue weighted by atomic mass is 16.5. The van der Waals surface area contributed by atoms with E-state index in [4.69, 9.17) is 4.74 Å². The van der Waals surface area contributed by atoms with E-state index in [9.17, 15) is 0 Å². The van der Waals surface area contributed by atoms with Crippen LogP contribution in [0.4, 0.5) is 0 Å². The Hall–Kier alpha value is -0.120. The molecule has 1 aliphatic heterocycles. The molecule has 1 heterocycles. The second kappa shape index (κ2) is 8.04. The van der Waals surface area contributed by atoms with Gasteiger partial charge in [0.25, 0.3) is 0 Å². The fraction of sp³-hybridized carbons (Fsp3) is 1.00. The minimum absolute atomic E-state index is 0.411. The molecule has 0 aromatic heterocycles. The normalized spacial score (nSPS) is 25.3. The molecule has 0 radical (unpaired) electrons. The zero-order valence-electron chi connectivity index (χ0n) is 11.2. The first-order valence-corrected chi connectivity index (χ1v) is 6.77. The summed E-state index contributed by atoms with van der Waals surface area (Å²) in [7, 11) is 2.07. The fourth-order valence-electron chi connectivity index (χ4n) is 2.40. The second-order valence-electron chi connectivity index (χ2n) is 4.87. The molecule has 1 saturated heterocycles. The van der Waals surface area contributed by atoms with E-state index in [1.165, 1.54) is 38.8 Å². The number of rotatable bonds is 6. The van der Waals surface area contributed by atoms with Crippen molar-refractivity contribution in [3.63, 3.8) is 0 Å². The minimum Gasteiger partial charge on any atom is -0.377 e. The van der Waals surface area contributed by atoms with Crippen molar-refractivity contribution in [3.05, 3.63) is 0 Å². The average molecular weight is 228 g/mol. The summed E-state index contributed by atoms with van der Waals surface area (Å²) in [6.45, 7) is 8.92. The Labute approximate surface area is 101 Å². The second-order valence-corrected chi connectivity index (χ2v) is 4.87. The molecular formula is C13H28N2O. The van der Waals surface area contributed by atoms with Gasteiger partial charge in [0, 0.05) is 25.7 Å². The van der Waals surface area contributed by atoms with Crippen LogP contribution in [0.3, 0.4) is 0 Å². The van der Waals surface area contributed by atoms with Crippen LogP contribution in [0.1, 0.15) is 39.5 Å². The van der Waals surface area contributed by atoms with E-state index in [-0.39, 0.29) is 0 Å². The lowest BCUT2D eigenvalue weighted by Crippen LogP contribution is -2.32. The van der Waals surface area contributed by atoms with E-state index in [1.807, 2.05) is 0 Å². The van der Waals surface area contributed by atoms with Crippen molar-refractivity contribution < 1.29 is 4.74 Å². The topological polar surface area (TPSA) is 24.5 Å². The van der Waals surface area contributed by atoms with E-state index in [1.54, 1.807) is 0 Å². The van der Waals surface area contributed by atoms with Gasteiger partial charge >= 0.3 is 0 Å². The van der Waals surface area contributed by atoms with Gasteiger partial charge in [-0.05, 0) is 46.2 Å². The Balaban J connectivity index is 2.15. The molecule has 0 saturated carbocycles. The van der Waals surface area contributed by atoms with E-state index in [2.05, 4.69) is 31.1 Å². The zero-order valence-corrected chi connectivity index (χ0v) is 11.2. The van der Waals surface area contributed by atoms with E-state index in [0.29, 0.717) is 12.1 Å². The maximum Gasteiger partial charge on any atom is 0.0673 e. The predicted molar refractivity (Wildman–Crippen MR) is 68.8 cm³/mol. The highest BCUT2D eigenvalue weighted by Gasteiger charge is 2.14. The van der Waals surface area contributed by atoms with Gasteiger partial charge in [-0.25, -0.2) is 0 Å². The summed E-state index contributed by atoms with van der Waals surface area (Å²) in [6.07, 6.45) is 5.42. The lowest BCUT2D eigenvalue weighted by atomic mass is 10.1. The van der Waals surface area contributed by atoms with Gasteiger partial charge in [-0.1, -0.05) is 6.92 Å². The van der Waals surface area contributed by atoms with E-state index >= 15 is 0 Å². The summed E-state index contributed by atoms with van der Waals surface area (Å²) in [6, 6.07) is 0.695. The van der Waals surface area contributed by atoms with Gasteiger partial charge in [0.05, 0.1) is 6.10 Å². The van der Waals surface area contributed by atoms with Crippen LogP contribution in [0.5, 0.6) is 0 Å². The molecule has 0 aliphatic carbocycles. The highest BCUT2D eigenvalue weighted by Crippen LogP contribution is 2.08. The van der Waals surface area contributed by atoms with Crippen LogP contribution in [0, 0.1) is 0 Å². The molecule has 3 heteroatoms. The molecule has 1 N–H and O–H groups in total. The first-order valence-electron chi connectivity index (χ1n) is 6.77. The molecule has 0 spiro atoms. The molecule has 96 valence electrons. The maximum atomic E-state index is 5.65. The predicted octanol–water partition coefficient (Wildman–Crippen LogP) is 1.88. The van der Waals surface area contributed by atoms with E-state index in [0.717, 1.165) is 13.2 Å². The highest BCUT2D eigenvalue weighted by molar-refractivity contribution is 4.69. The SMILES string of the molecule is CCC(CCCN1CCCOC(C)C1)NC. The first kappa shape index (κ1) is 13.9. The third kappa shape index (κ3) is 5.28. The summed E-state index contributed by atoms with van der Waals surface area (Å²) >= 11 is 0. The fourth-order valence-corrected chi connectivity index (χ4v) is 2.40. The summed E-state index contributed by atoms with van der Waals surface area (Å²) in [5.41, 5.74) is 0. The van der Waals surface area contributed by atoms with Gasteiger partial charge < -0.3 is 15.0 Å². The number of nitrogens with zero attached hydrogens (tertiary/aromatic N) is 1. The number of hydrogen-bond donors (Lipinski definition) is 1. The molecule has 3 nitrogen and oxygen atoms in total. The summed E-state index contributed by atoms with van der Waals surface area (Å²) in [5, 5.41) is 3.37. The average Bonchev–Trinajstić information content (AvgIpc) is 2.49. The Morgan fingerprint density at radius 2 is 2.31 bits per heavy atom. The zero-order chi connectivity index (χ0) is 11.8. The molecule has 1 fully saturated rings. The molecule has 2 unspecified atom stereocenters. The maximum absolute atomic E-state index is 5.65. The van der Waals surface area contributed by atoms with Gasteiger partial charge in [0.1, 0.15) is 0 Å². The molecule has 16 heavy (non-hydrogen) atoms. The van der Waals surface area contributed by atoms with Gasteiger partial charge in [0.15, 0.2) is 0 Å². The van der Waals surface area contributed by atoms with Crippen molar-refractivity contribution >= 4 is 0 Å². The van der Waals surface area contributed by atoms with Crippen LogP contribution in [0.15, 0.2) is 0 Å². The summed E-state index contributed by atoms with van der Waals surface area (Å²) in [4.78, 5) is 2.56. The number of nitrogens with one attached hydrogen (secondary N) is 1. The van der Waals surface area contributed by atoms with Crippen LogP contribution < -0.4 is 5.32 Å². The monoisotopic (exact) mass is 228 g/mol. The Bertz CT molecular complexity index is 171. The van der Waals surface area contributed by atoms with Gasteiger partial charge in [-0.2, -0.15) is 0 Å². The molecule has 0 bridgehead atoms. The third-order valence-corrected chi connectivity index (χ3v) is 3.46. The first-order chi connectivity index (χ1) is 7.76. The Morgan fingerprint density at radius 1 is 1.50 bits per heavy atom. The van der Waals surface area contributed by atoms with Gasteiger partial charge in [0.2, 0.25) is 0 Å². The summed E-state index contributed by atoms with van der Waals surface area (Å²) in [5.74, 6) is 0. The van der Waals surface area contributed by atoms with Crippen molar-refractivity contribution in [1.82, 2.24) is 10.2 Å². The van der Waals surface area contributed by atoms with Crippen molar-refractivity contribution in [2.75, 3.05) is 33.3 Å². The summed E-state index contributed by atoms with van der Waals surface area (Å²) < 4.78 is 5.65. The van der Waals surface area contributed by atoms with Crippen LogP contribution >= 0.6 is 0 Å². The number of ether oxygens (including phenoxy) is 1. The molecule has 0 aromatic rings. The van der Waals surface area contributed by atoms with Crippen molar-refractivity contribution in [3.8, 4) is 0 Å². The van der Waals surface area contributed by atoms with Gasteiger partial charge in [-0.15, -0.1) is 0 Å². The Morgan fingerprint density at radius 3 is 3.00 bits per heavy atom. The van der Waals surface area contributed by atoms with Crippen LogP contribution in [0.25, 0.3) is 0 Å². The van der Waals surface area contributed by atoms with Crippen LogP contribution in [0.2, 0.25) is 0 Å². The third-order valence-electron chi connectivity index (χ3n) is 3.46. The molecular weight excluding hydrogens is 200 g/mol. The van der Waals surface area contributed by atoms with Gasteiger partial charge in [-0.3, -0.25) is 0 Å². The smallest absolute Gasteiger partial charge is 0.0673 e. The molecule has 2 atom stereocenters. The minimum atomic E-state index is 0.411. The molecule has 0 aromatic carbocycles.